The number of nitrogens with zero attached hydrogens (tertiary/aromatic N) is 4. The molecule has 6 rings (SSSR count). The second kappa shape index (κ2) is 8.78. The van der Waals surface area contributed by atoms with Crippen LogP contribution in [-0.2, 0) is 0 Å². The van der Waals surface area contributed by atoms with Crippen LogP contribution in [0, 0.1) is 0 Å². The van der Waals surface area contributed by atoms with Gasteiger partial charge in [0.2, 0.25) is 5.88 Å². The number of carbonyl (C=O) groups excluding carboxylic acids is 1. The average Bonchev–Trinajstić information content (AvgIpc) is 3.23. The van der Waals surface area contributed by atoms with E-state index in [-0.39, 0.29) is 29.6 Å². The topological polar surface area (TPSA) is 153 Å². The van der Waals surface area contributed by atoms with Gasteiger partial charge in [0.05, 0.1) is 27.7 Å². The van der Waals surface area contributed by atoms with Gasteiger partial charge in [-0.15, -0.1) is 11.3 Å². The zero-order valence-electron chi connectivity index (χ0n) is 18.7. The van der Waals surface area contributed by atoms with Gasteiger partial charge in [0.25, 0.3) is 5.91 Å². The number of fused-ring (bicyclic) bond motifs is 1. The summed E-state index contributed by atoms with van der Waals surface area (Å²) < 4.78 is 1.66. The second-order valence-electron chi connectivity index (χ2n) is 8.84. The van der Waals surface area contributed by atoms with Crippen molar-refractivity contribution in [2.24, 2.45) is 4.99 Å². The number of amides is 1. The zero-order chi connectivity index (χ0) is 23.9. The van der Waals surface area contributed by atoms with Crippen LogP contribution < -0.4 is 27.0 Å². The Bertz CT molecular complexity index is 1590. The van der Waals surface area contributed by atoms with E-state index < -0.39 is 5.69 Å². The molecule has 180 valence electrons. The number of hydrogen-bond donors (Lipinski definition) is 5. The van der Waals surface area contributed by atoms with Gasteiger partial charge in [-0.2, -0.15) is 9.61 Å². The number of aromatic amines is 2. The van der Waals surface area contributed by atoms with E-state index in [1.807, 2.05) is 18.2 Å². The van der Waals surface area contributed by atoms with Gasteiger partial charge in [0.1, 0.15) is 5.69 Å². The molecular weight excluding hydrogens is 468 g/mol. The maximum absolute atomic E-state index is 12.8. The fourth-order valence-electron chi connectivity index (χ4n) is 4.14. The highest BCUT2D eigenvalue weighted by molar-refractivity contribution is 7.17. The van der Waals surface area contributed by atoms with Gasteiger partial charge in [-0.25, -0.2) is 9.78 Å². The predicted molar refractivity (Wildman–Crippen MR) is 130 cm³/mol. The van der Waals surface area contributed by atoms with Crippen LogP contribution in [-0.4, -0.2) is 60.8 Å². The van der Waals surface area contributed by atoms with Gasteiger partial charge in [0, 0.05) is 17.3 Å². The molecule has 11 nitrogen and oxygen atoms in total. The molecule has 2 aliphatic rings. The first-order valence-electron chi connectivity index (χ1n) is 11.6. The van der Waals surface area contributed by atoms with E-state index in [1.165, 1.54) is 11.3 Å². The molecule has 12 heteroatoms. The van der Waals surface area contributed by atoms with Crippen LogP contribution in [0.2, 0.25) is 0 Å². The third-order valence-corrected chi connectivity index (χ3v) is 7.24. The third kappa shape index (κ3) is 4.49. The van der Waals surface area contributed by atoms with E-state index in [2.05, 4.69) is 25.7 Å². The van der Waals surface area contributed by atoms with Gasteiger partial charge in [0.15, 0.2) is 11.1 Å². The lowest BCUT2D eigenvalue weighted by Gasteiger charge is -2.23. The van der Waals surface area contributed by atoms with Crippen molar-refractivity contribution in [1.82, 2.24) is 35.2 Å². The summed E-state index contributed by atoms with van der Waals surface area (Å²) in [4.78, 5) is 40.3. The van der Waals surface area contributed by atoms with Crippen LogP contribution in [0.3, 0.4) is 0 Å². The first-order valence-corrected chi connectivity index (χ1v) is 12.4. The standard InChI is InChI=1S/C23H24N8O3S/c32-21-16(29-23(34)30-21)9-12-11-25-31-19(26-13-1-2-13)10-15(28-20(12)31)17-3-4-18(35-17)22(33)27-14-5-7-24-8-6-14/h3-4,9-11,13-14,24,32H,1-2,5-8H2,(H,27,33)(H2,29,30,34)/b12-9+,26-19?. The Kier molecular flexibility index (Phi) is 5.46. The Morgan fingerprint density at radius 2 is 2.06 bits per heavy atom. The van der Waals surface area contributed by atoms with E-state index in [9.17, 15) is 14.7 Å². The van der Waals surface area contributed by atoms with Crippen LogP contribution in [0.5, 0.6) is 5.88 Å². The SMILES string of the molecule is O=C(NC1CCNCC1)c1ccc(-c2cc(=NC3CC3)n3nc/c(=C\c4[nH]c(=O)[nH]c4O)c3n2)s1. The van der Waals surface area contributed by atoms with Gasteiger partial charge < -0.3 is 20.7 Å². The van der Waals surface area contributed by atoms with Crippen molar-refractivity contribution >= 4 is 29.0 Å². The van der Waals surface area contributed by atoms with Crippen molar-refractivity contribution < 1.29 is 9.90 Å². The second-order valence-corrected chi connectivity index (χ2v) is 9.93. The number of hydrogen-bond acceptors (Lipinski definition) is 8. The largest absolute Gasteiger partial charge is 0.493 e. The summed E-state index contributed by atoms with van der Waals surface area (Å²) in [7, 11) is 0. The summed E-state index contributed by atoms with van der Waals surface area (Å²) in [5.74, 6) is -0.321. The van der Waals surface area contributed by atoms with Gasteiger partial charge in [-0.05, 0) is 57.0 Å². The Hall–Kier alpha value is -3.77. The molecule has 5 heterocycles. The van der Waals surface area contributed by atoms with E-state index in [4.69, 9.17) is 9.98 Å². The van der Waals surface area contributed by atoms with E-state index in [0.717, 1.165) is 43.6 Å². The van der Waals surface area contributed by atoms with E-state index in [0.29, 0.717) is 26.9 Å². The highest BCUT2D eigenvalue weighted by Gasteiger charge is 2.21. The molecule has 1 aliphatic carbocycles. The smallest absolute Gasteiger partial charge is 0.326 e. The first-order chi connectivity index (χ1) is 17.0. The summed E-state index contributed by atoms with van der Waals surface area (Å²) in [5, 5.41) is 21.5. The van der Waals surface area contributed by atoms with Gasteiger partial charge in [-0.3, -0.25) is 14.8 Å². The Balaban J connectivity index is 1.40. The van der Waals surface area contributed by atoms with Crippen LogP contribution in [0.1, 0.15) is 41.0 Å². The quantitative estimate of drug-likeness (QED) is 0.270. The normalized spacial score (nSPS) is 17.9. The molecule has 4 aromatic heterocycles. The number of imidazole rings is 1. The Morgan fingerprint density at radius 1 is 1.23 bits per heavy atom. The minimum Gasteiger partial charge on any atom is -0.493 e. The van der Waals surface area contributed by atoms with Crippen molar-refractivity contribution in [2.75, 3.05) is 13.1 Å². The van der Waals surface area contributed by atoms with Crippen molar-refractivity contribution in [3.8, 4) is 16.5 Å². The number of H-pyrrole nitrogens is 2. The molecule has 0 bridgehead atoms. The Labute approximate surface area is 202 Å². The first kappa shape index (κ1) is 21.7. The number of carbonyl (C=O) groups is 1. The van der Waals surface area contributed by atoms with Crippen molar-refractivity contribution in [2.45, 2.75) is 37.8 Å². The molecule has 1 amide bonds. The average molecular weight is 493 g/mol. The molecule has 5 N–H and O–H groups in total. The van der Waals surface area contributed by atoms with Gasteiger partial charge in [-0.1, -0.05) is 0 Å². The highest BCUT2D eigenvalue weighted by atomic mass is 32.1. The molecule has 0 spiro atoms. The molecule has 2 fully saturated rings. The van der Waals surface area contributed by atoms with Crippen LogP contribution >= 0.6 is 11.3 Å². The minimum atomic E-state index is -0.503. The molecule has 35 heavy (non-hydrogen) atoms. The van der Waals surface area contributed by atoms with Crippen LogP contribution in [0.25, 0.3) is 22.3 Å². The zero-order valence-corrected chi connectivity index (χ0v) is 19.6. The molecule has 0 radical (unpaired) electrons. The number of thiophene rings is 1. The summed E-state index contributed by atoms with van der Waals surface area (Å²) in [5.41, 5.74) is 1.64. The fraction of sp³-hybridized carbons (Fsp3) is 0.348. The van der Waals surface area contributed by atoms with Crippen LogP contribution in [0.4, 0.5) is 0 Å². The van der Waals surface area contributed by atoms with Gasteiger partial charge >= 0.3 is 5.69 Å². The molecule has 4 aromatic rings. The summed E-state index contributed by atoms with van der Waals surface area (Å²) in [6, 6.07) is 6.07. The Morgan fingerprint density at radius 3 is 2.80 bits per heavy atom. The van der Waals surface area contributed by atoms with Crippen molar-refractivity contribution in [1.29, 1.82) is 0 Å². The number of nitrogens with one attached hydrogen (secondary N) is 4. The summed E-state index contributed by atoms with van der Waals surface area (Å²) >= 11 is 1.39. The maximum Gasteiger partial charge on any atom is 0.326 e. The van der Waals surface area contributed by atoms with E-state index in [1.54, 1.807) is 16.8 Å². The van der Waals surface area contributed by atoms with Crippen LogP contribution in [0.15, 0.2) is 34.2 Å². The summed E-state index contributed by atoms with van der Waals surface area (Å²) in [6.45, 7) is 1.83. The summed E-state index contributed by atoms with van der Waals surface area (Å²) in [6.07, 6.45) is 7.16. The number of piperidine rings is 1. The fourth-order valence-corrected chi connectivity index (χ4v) is 5.01. The molecule has 0 unspecified atom stereocenters. The van der Waals surface area contributed by atoms with Crippen molar-refractivity contribution in [3.05, 3.63) is 56.2 Å². The molecule has 1 aliphatic heterocycles. The third-order valence-electron chi connectivity index (χ3n) is 6.13. The lowest BCUT2D eigenvalue weighted by atomic mass is 10.1. The lowest BCUT2D eigenvalue weighted by molar-refractivity contribution is 0.0933. The number of rotatable bonds is 5. The highest BCUT2D eigenvalue weighted by Crippen LogP contribution is 2.27. The number of aromatic nitrogens is 5. The maximum atomic E-state index is 12.8. The monoisotopic (exact) mass is 492 g/mol. The molecule has 0 aromatic carbocycles. The molecule has 0 atom stereocenters. The molecule has 1 saturated heterocycles. The molecular formula is C23H24N8O3S. The molecule has 1 saturated carbocycles. The predicted octanol–water partition coefficient (Wildman–Crippen LogP) is 0.272. The van der Waals surface area contributed by atoms with E-state index >= 15 is 0 Å². The number of aromatic hydroxyl groups is 1. The van der Waals surface area contributed by atoms with Crippen molar-refractivity contribution in [3.63, 3.8) is 0 Å². The lowest BCUT2D eigenvalue weighted by Crippen LogP contribution is -2.42. The minimum absolute atomic E-state index is 0.0672.